The van der Waals surface area contributed by atoms with Gasteiger partial charge in [0.2, 0.25) is 0 Å². The van der Waals surface area contributed by atoms with E-state index < -0.39 is 0 Å². The Bertz CT molecular complexity index is 390. The van der Waals surface area contributed by atoms with E-state index in [2.05, 4.69) is 33.8 Å². The predicted molar refractivity (Wildman–Crippen MR) is 81.0 cm³/mol. The molecule has 1 fully saturated rings. The number of rotatable bonds is 3. The number of allylic oxidation sites excluding steroid dienone is 2. The normalized spacial score (nSPS) is 37.4. The van der Waals surface area contributed by atoms with Crippen molar-refractivity contribution in [1.29, 1.82) is 0 Å². The first-order valence-electron chi connectivity index (χ1n) is 7.97. The molecule has 1 heteroatoms. The van der Waals surface area contributed by atoms with Gasteiger partial charge >= 0.3 is 0 Å². The van der Waals surface area contributed by atoms with Crippen molar-refractivity contribution < 1.29 is 4.79 Å². The van der Waals surface area contributed by atoms with Crippen molar-refractivity contribution in [1.82, 2.24) is 0 Å². The lowest BCUT2D eigenvalue weighted by Gasteiger charge is -2.53. The Morgan fingerprint density at radius 1 is 1.32 bits per heavy atom. The van der Waals surface area contributed by atoms with Crippen LogP contribution < -0.4 is 0 Å². The summed E-state index contributed by atoms with van der Waals surface area (Å²) in [5.74, 6) is 1.80. The summed E-state index contributed by atoms with van der Waals surface area (Å²) in [6, 6.07) is 0. The number of ketones is 1. The van der Waals surface area contributed by atoms with Gasteiger partial charge in [0.15, 0.2) is 0 Å². The third-order valence-electron chi connectivity index (χ3n) is 6.10. The van der Waals surface area contributed by atoms with Gasteiger partial charge in [-0.3, -0.25) is 0 Å². The van der Waals surface area contributed by atoms with Crippen LogP contribution in [0.15, 0.2) is 11.6 Å². The van der Waals surface area contributed by atoms with Gasteiger partial charge in [0.25, 0.3) is 0 Å². The van der Waals surface area contributed by atoms with E-state index in [0.717, 1.165) is 18.8 Å². The van der Waals surface area contributed by atoms with Gasteiger partial charge in [-0.05, 0) is 61.7 Å². The van der Waals surface area contributed by atoms with Gasteiger partial charge in [-0.25, -0.2) is 0 Å². The first kappa shape index (κ1) is 14.8. The van der Waals surface area contributed by atoms with Crippen LogP contribution in [0.25, 0.3) is 0 Å². The summed E-state index contributed by atoms with van der Waals surface area (Å²) in [6.45, 7) is 11.4. The quantitative estimate of drug-likeness (QED) is 0.642. The van der Waals surface area contributed by atoms with Gasteiger partial charge in [-0.2, -0.15) is 0 Å². The largest absolute Gasteiger partial charge is 0.300 e. The maximum Gasteiger partial charge on any atom is 0.129 e. The van der Waals surface area contributed by atoms with Crippen LogP contribution in [-0.4, -0.2) is 5.78 Å². The fourth-order valence-electron chi connectivity index (χ4n) is 4.36. The van der Waals surface area contributed by atoms with Gasteiger partial charge in [0, 0.05) is 6.42 Å². The lowest BCUT2D eigenvalue weighted by molar-refractivity contribution is -0.117. The van der Waals surface area contributed by atoms with E-state index in [1.54, 1.807) is 12.5 Å². The van der Waals surface area contributed by atoms with Gasteiger partial charge in [-0.1, -0.05) is 39.3 Å². The van der Waals surface area contributed by atoms with E-state index in [0.29, 0.717) is 17.1 Å². The molecule has 3 atom stereocenters. The minimum Gasteiger partial charge on any atom is -0.300 e. The monoisotopic (exact) mass is 262 g/mol. The van der Waals surface area contributed by atoms with E-state index >= 15 is 0 Å². The lowest BCUT2D eigenvalue weighted by atomic mass is 9.52. The Morgan fingerprint density at radius 3 is 2.63 bits per heavy atom. The molecule has 2 aliphatic rings. The minimum absolute atomic E-state index is 0.256. The summed E-state index contributed by atoms with van der Waals surface area (Å²) in [6.07, 6.45) is 9.51. The standard InChI is InChI=1S/C18H30O/c1-13-8-9-15-16(7-6-11-17(15,3)4)18(13,5)12-10-14(2)19/h7,13,15H,6,8-12H2,1-5H3/t13?,15-,18-/m0/s1. The van der Waals surface area contributed by atoms with Crippen molar-refractivity contribution >= 4 is 5.78 Å². The van der Waals surface area contributed by atoms with Crippen LogP contribution in [0.5, 0.6) is 0 Å². The Kier molecular flexibility index (Phi) is 3.95. The molecule has 0 aliphatic heterocycles. The fourth-order valence-corrected chi connectivity index (χ4v) is 4.36. The zero-order valence-corrected chi connectivity index (χ0v) is 13.4. The van der Waals surface area contributed by atoms with Gasteiger partial charge in [-0.15, -0.1) is 0 Å². The van der Waals surface area contributed by atoms with Crippen LogP contribution in [0, 0.1) is 22.7 Å². The molecule has 0 aromatic heterocycles. The summed E-state index contributed by atoms with van der Waals surface area (Å²) >= 11 is 0. The number of hydrogen-bond donors (Lipinski definition) is 0. The molecule has 0 N–H and O–H groups in total. The van der Waals surface area contributed by atoms with Crippen molar-refractivity contribution in [3.05, 3.63) is 11.6 Å². The second kappa shape index (κ2) is 5.07. The maximum atomic E-state index is 11.4. The average molecular weight is 262 g/mol. The summed E-state index contributed by atoms with van der Waals surface area (Å²) < 4.78 is 0. The van der Waals surface area contributed by atoms with E-state index in [4.69, 9.17) is 0 Å². The minimum atomic E-state index is 0.256. The van der Waals surface area contributed by atoms with Crippen LogP contribution in [0.1, 0.15) is 73.1 Å². The first-order valence-corrected chi connectivity index (χ1v) is 7.97. The van der Waals surface area contributed by atoms with Gasteiger partial charge < -0.3 is 4.79 Å². The molecule has 0 radical (unpaired) electrons. The van der Waals surface area contributed by atoms with Crippen molar-refractivity contribution in [2.75, 3.05) is 0 Å². The molecular weight excluding hydrogens is 232 g/mol. The molecule has 19 heavy (non-hydrogen) atoms. The summed E-state index contributed by atoms with van der Waals surface area (Å²) in [5, 5.41) is 0. The summed E-state index contributed by atoms with van der Waals surface area (Å²) in [7, 11) is 0. The topological polar surface area (TPSA) is 17.1 Å². The SMILES string of the molecule is CC(=O)CC[C@]1(C)C2=CCCC(C)(C)[C@H]2CCC1C. The second-order valence-corrected chi connectivity index (χ2v) is 7.84. The molecule has 1 unspecified atom stereocenters. The smallest absolute Gasteiger partial charge is 0.129 e. The maximum absolute atomic E-state index is 11.4. The average Bonchev–Trinajstić information content (AvgIpc) is 2.31. The van der Waals surface area contributed by atoms with Crippen LogP contribution >= 0.6 is 0 Å². The highest BCUT2D eigenvalue weighted by Gasteiger charge is 2.47. The highest BCUT2D eigenvalue weighted by molar-refractivity contribution is 5.75. The molecule has 1 saturated carbocycles. The molecule has 0 spiro atoms. The van der Waals surface area contributed by atoms with E-state index in [1.165, 1.54) is 25.7 Å². The number of carbonyl (C=O) groups excluding carboxylic acids is 1. The molecular formula is C18H30O. The summed E-state index contributed by atoms with van der Waals surface area (Å²) in [4.78, 5) is 11.4. The Labute approximate surface area is 118 Å². The highest BCUT2D eigenvalue weighted by atomic mass is 16.1. The molecule has 0 aromatic rings. The molecule has 108 valence electrons. The van der Waals surface area contributed by atoms with Crippen molar-refractivity contribution in [3.8, 4) is 0 Å². The zero-order chi connectivity index (χ0) is 14.3. The number of fused-ring (bicyclic) bond motifs is 1. The van der Waals surface area contributed by atoms with Crippen LogP contribution in [0.3, 0.4) is 0 Å². The van der Waals surface area contributed by atoms with Gasteiger partial charge in [0.05, 0.1) is 0 Å². The van der Waals surface area contributed by atoms with Crippen molar-refractivity contribution in [2.45, 2.75) is 73.1 Å². The Morgan fingerprint density at radius 2 is 2.00 bits per heavy atom. The number of hydrogen-bond acceptors (Lipinski definition) is 1. The number of carbonyl (C=O) groups is 1. The van der Waals surface area contributed by atoms with Crippen LogP contribution in [0.4, 0.5) is 0 Å². The molecule has 2 aliphatic carbocycles. The van der Waals surface area contributed by atoms with Crippen LogP contribution in [-0.2, 0) is 4.79 Å². The number of Topliss-reactive ketones (excluding diaryl/α,β-unsaturated/α-hetero) is 1. The van der Waals surface area contributed by atoms with Crippen molar-refractivity contribution in [3.63, 3.8) is 0 Å². The second-order valence-electron chi connectivity index (χ2n) is 7.84. The molecule has 0 heterocycles. The van der Waals surface area contributed by atoms with Crippen LogP contribution in [0.2, 0.25) is 0 Å². The Balaban J connectivity index is 2.29. The summed E-state index contributed by atoms with van der Waals surface area (Å²) in [5.41, 5.74) is 2.39. The van der Waals surface area contributed by atoms with E-state index in [1.807, 2.05) is 0 Å². The third-order valence-corrected chi connectivity index (χ3v) is 6.10. The first-order chi connectivity index (χ1) is 8.77. The van der Waals surface area contributed by atoms with E-state index in [9.17, 15) is 4.79 Å². The fraction of sp³-hybridized carbons (Fsp3) is 0.833. The van der Waals surface area contributed by atoms with Crippen molar-refractivity contribution in [2.24, 2.45) is 22.7 Å². The highest BCUT2D eigenvalue weighted by Crippen LogP contribution is 2.57. The molecule has 0 bridgehead atoms. The molecule has 2 rings (SSSR count). The Hall–Kier alpha value is -0.590. The molecule has 0 saturated heterocycles. The zero-order valence-electron chi connectivity index (χ0n) is 13.4. The molecule has 0 amide bonds. The third kappa shape index (κ3) is 2.66. The molecule has 1 nitrogen and oxygen atoms in total. The van der Waals surface area contributed by atoms with Gasteiger partial charge in [0.1, 0.15) is 5.78 Å². The van der Waals surface area contributed by atoms with E-state index in [-0.39, 0.29) is 5.41 Å². The lowest BCUT2D eigenvalue weighted by Crippen LogP contribution is -2.43. The molecule has 0 aromatic carbocycles. The predicted octanol–water partition coefficient (Wildman–Crippen LogP) is 5.15.